The first-order valence-electron chi connectivity index (χ1n) is 11.6. The number of carbonyl (C=O) groups is 2. The third-order valence-electron chi connectivity index (χ3n) is 7.05. The molecule has 3 fully saturated rings. The van der Waals surface area contributed by atoms with Crippen molar-refractivity contribution in [2.24, 2.45) is 11.8 Å². The summed E-state index contributed by atoms with van der Waals surface area (Å²) in [4.78, 5) is 30.2. The smallest absolute Gasteiger partial charge is 0.270 e. The van der Waals surface area contributed by atoms with E-state index in [0.717, 1.165) is 38.5 Å². The molecule has 2 saturated heterocycles. The van der Waals surface area contributed by atoms with Gasteiger partial charge in [-0.25, -0.2) is 8.42 Å². The van der Waals surface area contributed by atoms with Gasteiger partial charge < -0.3 is 15.2 Å². The first kappa shape index (κ1) is 22.3. The summed E-state index contributed by atoms with van der Waals surface area (Å²) in [5.74, 6) is 0.109. The number of sulfonamides is 1. The van der Waals surface area contributed by atoms with Gasteiger partial charge in [0.2, 0.25) is 15.9 Å². The number of H-pyrrole nitrogens is 1. The van der Waals surface area contributed by atoms with E-state index in [9.17, 15) is 18.0 Å². The van der Waals surface area contributed by atoms with Gasteiger partial charge in [0.1, 0.15) is 10.6 Å². The van der Waals surface area contributed by atoms with E-state index in [-0.39, 0.29) is 35.2 Å². The second-order valence-corrected chi connectivity index (χ2v) is 11.4. The topological polar surface area (TPSA) is 103 Å². The van der Waals surface area contributed by atoms with Crippen LogP contribution in [0.25, 0.3) is 0 Å². The fourth-order valence-electron chi connectivity index (χ4n) is 4.94. The maximum absolute atomic E-state index is 13.2. The maximum Gasteiger partial charge on any atom is 0.270 e. The van der Waals surface area contributed by atoms with Gasteiger partial charge in [-0.15, -0.1) is 0 Å². The van der Waals surface area contributed by atoms with Crippen LogP contribution in [-0.2, 0) is 14.8 Å². The lowest BCUT2D eigenvalue weighted by Crippen LogP contribution is -2.47. The van der Waals surface area contributed by atoms with Crippen molar-refractivity contribution in [1.82, 2.24) is 19.5 Å². The van der Waals surface area contributed by atoms with Gasteiger partial charge in [0.25, 0.3) is 5.91 Å². The minimum Gasteiger partial charge on any atom is -0.356 e. The summed E-state index contributed by atoms with van der Waals surface area (Å²) in [6, 6.07) is 1.67. The molecule has 172 valence electrons. The first-order chi connectivity index (χ1) is 14.8. The Morgan fingerprint density at radius 1 is 1.03 bits per heavy atom. The van der Waals surface area contributed by atoms with Crippen LogP contribution >= 0.6 is 0 Å². The van der Waals surface area contributed by atoms with Crippen LogP contribution in [0.15, 0.2) is 17.2 Å². The predicted octanol–water partition coefficient (Wildman–Crippen LogP) is 2.35. The van der Waals surface area contributed by atoms with E-state index in [1.807, 2.05) is 0 Å². The molecule has 3 aliphatic rings. The van der Waals surface area contributed by atoms with Gasteiger partial charge in [0.05, 0.1) is 5.92 Å². The molecule has 1 atom stereocenters. The molecule has 31 heavy (non-hydrogen) atoms. The number of aromatic amines is 1. The zero-order chi connectivity index (χ0) is 22.0. The Kier molecular flexibility index (Phi) is 6.71. The number of rotatable bonds is 5. The number of piperidine rings is 2. The van der Waals surface area contributed by atoms with Crippen molar-refractivity contribution in [3.63, 3.8) is 0 Å². The van der Waals surface area contributed by atoms with E-state index in [1.165, 1.54) is 16.6 Å². The van der Waals surface area contributed by atoms with Gasteiger partial charge in [-0.2, -0.15) is 4.31 Å². The molecule has 1 aromatic heterocycles. The van der Waals surface area contributed by atoms with Crippen molar-refractivity contribution in [3.8, 4) is 0 Å². The molecule has 1 aromatic rings. The quantitative estimate of drug-likeness (QED) is 0.719. The molecule has 2 N–H and O–H groups in total. The van der Waals surface area contributed by atoms with Gasteiger partial charge in [0.15, 0.2) is 0 Å². The minimum atomic E-state index is -3.76. The van der Waals surface area contributed by atoms with Crippen molar-refractivity contribution in [2.45, 2.75) is 69.2 Å². The summed E-state index contributed by atoms with van der Waals surface area (Å²) in [6.45, 7) is 4.17. The zero-order valence-electron chi connectivity index (χ0n) is 18.3. The van der Waals surface area contributed by atoms with Crippen molar-refractivity contribution in [1.29, 1.82) is 0 Å². The summed E-state index contributed by atoms with van der Waals surface area (Å²) < 4.78 is 27.8. The van der Waals surface area contributed by atoms with Crippen molar-refractivity contribution >= 4 is 21.8 Å². The molecule has 1 aliphatic carbocycles. The second-order valence-electron chi connectivity index (χ2n) is 9.42. The number of nitrogens with one attached hydrogen (secondary N) is 2. The van der Waals surface area contributed by atoms with Crippen molar-refractivity contribution < 1.29 is 18.0 Å². The standard InChI is InChI=1S/C22H34N4O4S/c1-16-8-11-25(12-9-16)22(28)20-13-19(14-23-20)31(29,30)26-10-4-5-17(15-26)21(27)24-18-6-2-3-7-18/h13-14,16-18,23H,2-12,15H2,1H3,(H,24,27). The van der Waals surface area contributed by atoms with Gasteiger partial charge in [0, 0.05) is 38.4 Å². The second kappa shape index (κ2) is 9.32. The highest BCUT2D eigenvalue weighted by Gasteiger charge is 2.35. The van der Waals surface area contributed by atoms with Crippen LogP contribution in [0.5, 0.6) is 0 Å². The van der Waals surface area contributed by atoms with E-state index in [4.69, 9.17) is 0 Å². The third kappa shape index (κ3) is 4.98. The van der Waals surface area contributed by atoms with Crippen molar-refractivity contribution in [2.75, 3.05) is 26.2 Å². The normalized spacial score (nSPS) is 24.4. The molecule has 8 nitrogen and oxygen atoms in total. The molecular formula is C22H34N4O4S. The Morgan fingerprint density at radius 2 is 1.74 bits per heavy atom. The summed E-state index contributed by atoms with van der Waals surface area (Å²) >= 11 is 0. The Hall–Kier alpha value is -1.87. The van der Waals surface area contributed by atoms with E-state index < -0.39 is 10.0 Å². The highest BCUT2D eigenvalue weighted by atomic mass is 32.2. The largest absolute Gasteiger partial charge is 0.356 e. The monoisotopic (exact) mass is 450 g/mol. The molecule has 4 rings (SSSR count). The Morgan fingerprint density at radius 3 is 2.45 bits per heavy atom. The number of carbonyl (C=O) groups excluding carboxylic acids is 2. The predicted molar refractivity (Wildman–Crippen MR) is 117 cm³/mol. The number of likely N-dealkylation sites (tertiary alicyclic amines) is 1. The van der Waals surface area contributed by atoms with E-state index >= 15 is 0 Å². The summed E-state index contributed by atoms with van der Waals surface area (Å²) in [7, 11) is -3.76. The average molecular weight is 451 g/mol. The molecule has 2 aliphatic heterocycles. The fraction of sp³-hybridized carbons (Fsp3) is 0.727. The van der Waals surface area contributed by atoms with Crippen LogP contribution in [0, 0.1) is 11.8 Å². The van der Waals surface area contributed by atoms with Crippen LogP contribution in [0.3, 0.4) is 0 Å². The molecule has 0 aromatic carbocycles. The fourth-order valence-corrected chi connectivity index (χ4v) is 6.46. The molecule has 0 spiro atoms. The Balaban J connectivity index is 1.40. The van der Waals surface area contributed by atoms with Crippen LogP contribution in [0.4, 0.5) is 0 Å². The number of nitrogens with zero attached hydrogens (tertiary/aromatic N) is 2. The molecule has 0 bridgehead atoms. The van der Waals surface area contributed by atoms with Gasteiger partial charge in [-0.3, -0.25) is 9.59 Å². The Labute approximate surface area is 184 Å². The molecule has 2 amide bonds. The number of hydrogen-bond donors (Lipinski definition) is 2. The lowest BCUT2D eigenvalue weighted by Gasteiger charge is -2.31. The molecule has 1 saturated carbocycles. The average Bonchev–Trinajstić information content (AvgIpc) is 3.46. The third-order valence-corrected chi connectivity index (χ3v) is 8.89. The maximum atomic E-state index is 13.2. The van der Waals surface area contributed by atoms with Gasteiger partial charge in [-0.1, -0.05) is 19.8 Å². The van der Waals surface area contributed by atoms with E-state index in [1.54, 1.807) is 4.90 Å². The number of amides is 2. The Bertz CT molecular complexity index is 898. The summed E-state index contributed by atoms with van der Waals surface area (Å²) in [6.07, 6.45) is 9.00. The van der Waals surface area contributed by atoms with E-state index in [2.05, 4.69) is 17.2 Å². The molecule has 0 radical (unpaired) electrons. The minimum absolute atomic E-state index is 0.0314. The summed E-state index contributed by atoms with van der Waals surface area (Å²) in [5, 5.41) is 3.10. The lowest BCUT2D eigenvalue weighted by atomic mass is 9.98. The zero-order valence-corrected chi connectivity index (χ0v) is 19.1. The van der Waals surface area contributed by atoms with Crippen LogP contribution in [-0.4, -0.2) is 66.6 Å². The van der Waals surface area contributed by atoms with Crippen LogP contribution in [0.1, 0.15) is 68.8 Å². The highest BCUT2D eigenvalue weighted by molar-refractivity contribution is 7.89. The summed E-state index contributed by atoms with van der Waals surface area (Å²) in [5.41, 5.74) is 0.306. The first-order valence-corrected chi connectivity index (χ1v) is 13.1. The molecule has 9 heteroatoms. The molecular weight excluding hydrogens is 416 g/mol. The number of hydrogen-bond acceptors (Lipinski definition) is 4. The van der Waals surface area contributed by atoms with Crippen LogP contribution in [0.2, 0.25) is 0 Å². The molecule has 1 unspecified atom stereocenters. The van der Waals surface area contributed by atoms with Gasteiger partial charge >= 0.3 is 0 Å². The SMILES string of the molecule is CC1CCN(C(=O)c2cc(S(=O)(=O)N3CCCC(C(=O)NC4CCCC4)C3)c[nH]2)CC1. The number of aromatic nitrogens is 1. The van der Waals surface area contributed by atoms with Gasteiger partial charge in [-0.05, 0) is 50.5 Å². The lowest BCUT2D eigenvalue weighted by molar-refractivity contribution is -0.126. The van der Waals surface area contributed by atoms with E-state index in [0.29, 0.717) is 44.1 Å². The van der Waals surface area contributed by atoms with Crippen molar-refractivity contribution in [3.05, 3.63) is 18.0 Å². The van der Waals surface area contributed by atoms with Crippen LogP contribution < -0.4 is 5.32 Å². The molecule has 3 heterocycles. The highest BCUT2D eigenvalue weighted by Crippen LogP contribution is 2.26.